The van der Waals surface area contributed by atoms with Crippen molar-refractivity contribution in [3.8, 4) is 11.4 Å². The van der Waals surface area contributed by atoms with Crippen LogP contribution < -0.4 is 0 Å². The topological polar surface area (TPSA) is 25.8 Å². The standard InChI is InChI=1S/C12H11N2.2C2H6.3CH4.CH3.Pt/c1-2-10-6-5-8-12(14-10)11-7-3-4-9-13-11;2*1-2;;;;;/h3-9H,1-2H2;2*1-2H3;3*1H4;1H3;/q-1;;;;;;-1;+2. The molecule has 0 saturated heterocycles. The number of rotatable bonds is 2. The summed E-state index contributed by atoms with van der Waals surface area (Å²) in [5, 5.41) is 0. The molecule has 0 aliphatic heterocycles. The zero-order valence-electron chi connectivity index (χ0n) is 13.2. The van der Waals surface area contributed by atoms with Crippen molar-refractivity contribution in [2.45, 2.75) is 56.4 Å². The summed E-state index contributed by atoms with van der Waals surface area (Å²) in [7, 11) is 0. The van der Waals surface area contributed by atoms with Gasteiger partial charge in [0.2, 0.25) is 0 Å². The molecule has 2 nitrogen and oxygen atoms in total. The maximum absolute atomic E-state index is 4.44. The van der Waals surface area contributed by atoms with Gasteiger partial charge in [0.15, 0.2) is 0 Å². The first-order valence-electron chi connectivity index (χ1n) is 6.57. The molecular formula is C20H38N2Pt. The van der Waals surface area contributed by atoms with Crippen LogP contribution in [0.3, 0.4) is 0 Å². The fourth-order valence-electron chi connectivity index (χ4n) is 1.28. The van der Waals surface area contributed by atoms with E-state index in [0.29, 0.717) is 6.42 Å². The molecule has 2 aromatic heterocycles. The van der Waals surface area contributed by atoms with Crippen LogP contribution in [-0.2, 0) is 27.5 Å². The summed E-state index contributed by atoms with van der Waals surface area (Å²) in [5.74, 6) is 0. The van der Waals surface area contributed by atoms with Gasteiger partial charge in [-0.2, -0.15) is 0 Å². The van der Waals surface area contributed by atoms with Gasteiger partial charge in [0.05, 0.1) is 11.4 Å². The largest absolute Gasteiger partial charge is 2.00 e. The molecule has 0 aliphatic carbocycles. The van der Waals surface area contributed by atoms with E-state index in [-0.39, 0.29) is 50.8 Å². The Kier molecular flexibility index (Phi) is 42.7. The zero-order chi connectivity index (χ0) is 13.8. The molecule has 0 aromatic carbocycles. The fraction of sp³-hybridized carbons (Fsp3) is 0.400. The van der Waals surface area contributed by atoms with Crippen molar-refractivity contribution < 1.29 is 21.1 Å². The molecule has 0 aliphatic rings. The molecule has 0 amide bonds. The van der Waals surface area contributed by atoms with Crippen molar-refractivity contribution in [1.29, 1.82) is 0 Å². The Bertz CT molecular complexity index is 417. The predicted molar refractivity (Wildman–Crippen MR) is 106 cm³/mol. The van der Waals surface area contributed by atoms with E-state index in [4.69, 9.17) is 0 Å². The second kappa shape index (κ2) is 25.9. The van der Waals surface area contributed by atoms with Crippen LogP contribution in [0.4, 0.5) is 0 Å². The minimum atomic E-state index is 0. The monoisotopic (exact) mass is 501 g/mol. The van der Waals surface area contributed by atoms with Gasteiger partial charge in [0.1, 0.15) is 0 Å². The Labute approximate surface area is 161 Å². The van der Waals surface area contributed by atoms with Crippen LogP contribution in [-0.4, -0.2) is 9.97 Å². The minimum Gasteiger partial charge on any atom is -0.358 e. The summed E-state index contributed by atoms with van der Waals surface area (Å²) in [5.41, 5.74) is 2.81. The molecule has 2 rings (SSSR count). The van der Waals surface area contributed by atoms with E-state index in [1.54, 1.807) is 6.20 Å². The van der Waals surface area contributed by atoms with E-state index in [2.05, 4.69) is 16.9 Å². The van der Waals surface area contributed by atoms with Crippen molar-refractivity contribution in [2.24, 2.45) is 0 Å². The van der Waals surface area contributed by atoms with Gasteiger partial charge in [-0.1, -0.05) is 62.1 Å². The van der Waals surface area contributed by atoms with Gasteiger partial charge in [-0.25, -0.2) is 0 Å². The van der Waals surface area contributed by atoms with Crippen LogP contribution in [0.25, 0.3) is 11.4 Å². The molecule has 0 N–H and O–H groups in total. The SMILES string of the molecule is C.C.C.CC.CC.[CH2-]Cc1cccc(-c2ccccn2)n1.[CH3-].[Pt+2]. The Morgan fingerprint density at radius 1 is 0.826 bits per heavy atom. The molecule has 2 heterocycles. The molecule has 138 valence electrons. The van der Waals surface area contributed by atoms with E-state index >= 15 is 0 Å². The second-order valence-corrected chi connectivity index (χ2v) is 2.98. The molecule has 0 spiro atoms. The quantitative estimate of drug-likeness (QED) is 0.417. The molecule has 0 bridgehead atoms. The summed E-state index contributed by atoms with van der Waals surface area (Å²) >= 11 is 0. The first-order valence-corrected chi connectivity index (χ1v) is 6.57. The van der Waals surface area contributed by atoms with Gasteiger partial charge in [0, 0.05) is 11.9 Å². The third-order valence-corrected chi connectivity index (χ3v) is 1.99. The van der Waals surface area contributed by atoms with Gasteiger partial charge in [-0.05, 0) is 24.3 Å². The normalized spacial score (nSPS) is 6.65. The van der Waals surface area contributed by atoms with Crippen LogP contribution in [0.1, 0.15) is 55.7 Å². The Hall–Kier alpha value is -1.01. The molecule has 0 unspecified atom stereocenters. The number of nitrogens with zero attached hydrogens (tertiary/aromatic N) is 2. The van der Waals surface area contributed by atoms with Crippen LogP contribution in [0.15, 0.2) is 42.6 Å². The molecule has 2 aromatic rings. The summed E-state index contributed by atoms with van der Waals surface area (Å²) in [6, 6.07) is 11.7. The third-order valence-electron chi connectivity index (χ3n) is 1.99. The summed E-state index contributed by atoms with van der Waals surface area (Å²) in [6.45, 7) is 11.8. The predicted octanol–water partition coefficient (Wildman–Crippen LogP) is 6.93. The Morgan fingerprint density at radius 2 is 1.35 bits per heavy atom. The number of pyridine rings is 2. The molecule has 0 fully saturated rings. The molecular weight excluding hydrogens is 463 g/mol. The van der Waals surface area contributed by atoms with Crippen LogP contribution in [0, 0.1) is 14.4 Å². The molecule has 23 heavy (non-hydrogen) atoms. The zero-order valence-corrected chi connectivity index (χ0v) is 15.4. The fourth-order valence-corrected chi connectivity index (χ4v) is 1.28. The average Bonchev–Trinajstić information content (AvgIpc) is 2.52. The third kappa shape index (κ3) is 14.3. The van der Waals surface area contributed by atoms with E-state index < -0.39 is 0 Å². The average molecular weight is 502 g/mol. The molecule has 0 saturated carbocycles. The smallest absolute Gasteiger partial charge is 0.358 e. The summed E-state index contributed by atoms with van der Waals surface area (Å²) in [4.78, 5) is 8.68. The second-order valence-electron chi connectivity index (χ2n) is 2.98. The van der Waals surface area contributed by atoms with Crippen LogP contribution >= 0.6 is 0 Å². The maximum atomic E-state index is 4.44. The van der Waals surface area contributed by atoms with Crippen LogP contribution in [0.5, 0.6) is 0 Å². The molecule has 0 radical (unpaired) electrons. The van der Waals surface area contributed by atoms with Crippen molar-refractivity contribution in [3.05, 3.63) is 62.6 Å². The van der Waals surface area contributed by atoms with Gasteiger partial charge in [-0.15, -0.1) is 6.42 Å². The van der Waals surface area contributed by atoms with Gasteiger partial charge >= 0.3 is 21.1 Å². The van der Waals surface area contributed by atoms with Gasteiger partial charge in [0.25, 0.3) is 0 Å². The number of hydrogen-bond donors (Lipinski definition) is 0. The van der Waals surface area contributed by atoms with Gasteiger partial charge < -0.3 is 14.4 Å². The van der Waals surface area contributed by atoms with E-state index in [9.17, 15) is 0 Å². The Morgan fingerprint density at radius 3 is 1.78 bits per heavy atom. The van der Waals surface area contributed by atoms with Crippen LogP contribution in [0.2, 0.25) is 0 Å². The van der Waals surface area contributed by atoms with E-state index in [0.717, 1.165) is 17.1 Å². The molecule has 0 atom stereocenters. The molecule has 3 heteroatoms. The van der Waals surface area contributed by atoms with Crippen molar-refractivity contribution in [3.63, 3.8) is 0 Å². The van der Waals surface area contributed by atoms with Crippen molar-refractivity contribution in [2.75, 3.05) is 0 Å². The summed E-state index contributed by atoms with van der Waals surface area (Å²) < 4.78 is 0. The minimum absolute atomic E-state index is 0. The summed E-state index contributed by atoms with van der Waals surface area (Å²) in [6.07, 6.45) is 2.48. The van der Waals surface area contributed by atoms with E-state index in [1.165, 1.54) is 0 Å². The number of hydrogen-bond acceptors (Lipinski definition) is 2. The first kappa shape index (κ1) is 37.9. The maximum Gasteiger partial charge on any atom is 2.00 e. The van der Waals surface area contributed by atoms with Gasteiger partial charge in [-0.3, -0.25) is 9.97 Å². The Balaban J connectivity index is -0.0000000749. The first-order chi connectivity index (χ1) is 8.90. The van der Waals surface area contributed by atoms with Crippen molar-refractivity contribution >= 4 is 0 Å². The number of aromatic nitrogens is 2. The van der Waals surface area contributed by atoms with Crippen molar-refractivity contribution in [1.82, 2.24) is 9.97 Å². The van der Waals surface area contributed by atoms with E-state index in [1.807, 2.05) is 64.1 Å².